The molecule has 1 atom stereocenters. The van der Waals surface area contributed by atoms with Crippen molar-refractivity contribution in [2.75, 3.05) is 27.4 Å². The molecule has 1 aromatic rings. The maximum atomic E-state index is 12.6. The van der Waals surface area contributed by atoms with Gasteiger partial charge in [0.25, 0.3) is 5.91 Å². The molecule has 0 unspecified atom stereocenters. The van der Waals surface area contributed by atoms with Gasteiger partial charge in [-0.3, -0.25) is 9.59 Å². The standard InChI is InChI=1S/C15H22N2O4/c1-10-5-6-12(9-13(10)21-4)15(19)17(7-8-20-3)11(2)14(16)18/h5-6,9,11H,7-8H2,1-4H3,(H2,16,18)/t11-/m1/s1. The summed E-state index contributed by atoms with van der Waals surface area (Å²) < 4.78 is 10.2. The molecule has 1 rings (SSSR count). The predicted molar refractivity (Wildman–Crippen MR) is 79.3 cm³/mol. The van der Waals surface area contributed by atoms with Crippen LogP contribution in [-0.4, -0.2) is 50.1 Å². The van der Waals surface area contributed by atoms with Gasteiger partial charge < -0.3 is 20.1 Å². The van der Waals surface area contributed by atoms with Crippen LogP contribution in [0.25, 0.3) is 0 Å². The molecule has 0 heterocycles. The van der Waals surface area contributed by atoms with Gasteiger partial charge in [0.2, 0.25) is 5.91 Å². The Hall–Kier alpha value is -2.08. The Morgan fingerprint density at radius 3 is 2.52 bits per heavy atom. The first kappa shape index (κ1) is 17.0. The van der Waals surface area contributed by atoms with E-state index in [9.17, 15) is 9.59 Å². The molecule has 2 amide bonds. The lowest BCUT2D eigenvalue weighted by atomic mass is 10.1. The highest BCUT2D eigenvalue weighted by Crippen LogP contribution is 2.20. The second kappa shape index (κ2) is 7.64. The van der Waals surface area contributed by atoms with Crippen LogP contribution >= 0.6 is 0 Å². The van der Waals surface area contributed by atoms with Gasteiger partial charge in [-0.05, 0) is 31.5 Å². The number of hydrogen-bond donors (Lipinski definition) is 1. The van der Waals surface area contributed by atoms with Crippen molar-refractivity contribution in [1.82, 2.24) is 4.90 Å². The summed E-state index contributed by atoms with van der Waals surface area (Å²) in [4.78, 5) is 25.4. The van der Waals surface area contributed by atoms with E-state index in [0.29, 0.717) is 17.9 Å². The van der Waals surface area contributed by atoms with Crippen molar-refractivity contribution >= 4 is 11.8 Å². The van der Waals surface area contributed by atoms with E-state index in [1.54, 1.807) is 32.2 Å². The molecule has 0 aliphatic carbocycles. The Balaban J connectivity index is 3.06. The smallest absolute Gasteiger partial charge is 0.254 e. The van der Waals surface area contributed by atoms with Crippen molar-refractivity contribution in [3.8, 4) is 5.75 Å². The molecule has 0 fully saturated rings. The molecular formula is C15H22N2O4. The van der Waals surface area contributed by atoms with E-state index < -0.39 is 11.9 Å². The largest absolute Gasteiger partial charge is 0.496 e. The van der Waals surface area contributed by atoms with Crippen LogP contribution in [0.1, 0.15) is 22.8 Å². The molecule has 0 aromatic heterocycles. The van der Waals surface area contributed by atoms with Gasteiger partial charge in [-0.15, -0.1) is 0 Å². The van der Waals surface area contributed by atoms with Gasteiger partial charge in [0.1, 0.15) is 11.8 Å². The Labute approximate surface area is 124 Å². The fraction of sp³-hybridized carbons (Fsp3) is 0.467. The van der Waals surface area contributed by atoms with Crippen molar-refractivity contribution in [1.29, 1.82) is 0 Å². The van der Waals surface area contributed by atoms with E-state index in [-0.39, 0.29) is 12.5 Å². The number of benzene rings is 1. The van der Waals surface area contributed by atoms with Gasteiger partial charge in [0, 0.05) is 19.2 Å². The van der Waals surface area contributed by atoms with Gasteiger partial charge in [0.05, 0.1) is 13.7 Å². The second-order valence-electron chi connectivity index (χ2n) is 4.75. The van der Waals surface area contributed by atoms with Crippen LogP contribution in [0.3, 0.4) is 0 Å². The number of ether oxygens (including phenoxy) is 2. The Morgan fingerprint density at radius 1 is 1.33 bits per heavy atom. The lowest BCUT2D eigenvalue weighted by Gasteiger charge is -2.27. The average Bonchev–Trinajstić information content (AvgIpc) is 2.47. The lowest BCUT2D eigenvalue weighted by Crippen LogP contribution is -2.47. The first-order chi connectivity index (χ1) is 9.92. The molecule has 21 heavy (non-hydrogen) atoms. The number of nitrogens with two attached hydrogens (primary N) is 1. The minimum absolute atomic E-state index is 0.281. The summed E-state index contributed by atoms with van der Waals surface area (Å²) >= 11 is 0. The number of amides is 2. The summed E-state index contributed by atoms with van der Waals surface area (Å²) in [5.74, 6) is -0.213. The summed E-state index contributed by atoms with van der Waals surface area (Å²) in [6.45, 7) is 4.10. The van der Waals surface area contributed by atoms with E-state index in [1.807, 2.05) is 6.92 Å². The maximum Gasteiger partial charge on any atom is 0.254 e. The molecular weight excluding hydrogens is 272 g/mol. The third-order valence-corrected chi connectivity index (χ3v) is 3.33. The minimum Gasteiger partial charge on any atom is -0.496 e. The summed E-state index contributed by atoms with van der Waals surface area (Å²) in [7, 11) is 3.08. The third-order valence-electron chi connectivity index (χ3n) is 3.33. The Kier molecular flexibility index (Phi) is 6.17. The molecule has 0 aliphatic heterocycles. The lowest BCUT2D eigenvalue weighted by molar-refractivity contribution is -0.122. The molecule has 6 heteroatoms. The molecule has 0 saturated heterocycles. The predicted octanol–water partition coefficient (Wildman–Crippen LogP) is 0.966. The van der Waals surface area contributed by atoms with Crippen molar-refractivity contribution < 1.29 is 19.1 Å². The normalized spacial score (nSPS) is 11.8. The number of hydrogen-bond acceptors (Lipinski definition) is 4. The summed E-state index contributed by atoms with van der Waals surface area (Å²) in [6, 6.07) is 4.45. The zero-order valence-corrected chi connectivity index (χ0v) is 12.9. The highest BCUT2D eigenvalue weighted by molar-refractivity contribution is 5.97. The van der Waals surface area contributed by atoms with Crippen LogP contribution in [0.4, 0.5) is 0 Å². The average molecular weight is 294 g/mol. The van der Waals surface area contributed by atoms with Crippen LogP contribution in [0.2, 0.25) is 0 Å². The Bertz CT molecular complexity index is 516. The fourth-order valence-corrected chi connectivity index (χ4v) is 1.93. The van der Waals surface area contributed by atoms with Gasteiger partial charge in [0.15, 0.2) is 0 Å². The summed E-state index contributed by atoms with van der Waals surface area (Å²) in [5.41, 5.74) is 6.68. The molecule has 0 aliphatic rings. The number of rotatable bonds is 7. The van der Waals surface area contributed by atoms with Crippen LogP contribution < -0.4 is 10.5 Å². The monoisotopic (exact) mass is 294 g/mol. The highest BCUT2D eigenvalue weighted by Gasteiger charge is 2.25. The minimum atomic E-state index is -0.708. The van der Waals surface area contributed by atoms with Crippen LogP contribution in [-0.2, 0) is 9.53 Å². The topological polar surface area (TPSA) is 81.9 Å². The van der Waals surface area contributed by atoms with Crippen molar-refractivity contribution in [3.63, 3.8) is 0 Å². The van der Waals surface area contributed by atoms with Crippen LogP contribution in [0.15, 0.2) is 18.2 Å². The molecule has 6 nitrogen and oxygen atoms in total. The van der Waals surface area contributed by atoms with E-state index in [4.69, 9.17) is 15.2 Å². The second-order valence-corrected chi connectivity index (χ2v) is 4.75. The number of primary amides is 1. The molecule has 0 saturated carbocycles. The number of nitrogens with zero attached hydrogens (tertiary/aromatic N) is 1. The van der Waals surface area contributed by atoms with Crippen molar-refractivity contribution in [2.24, 2.45) is 5.73 Å². The molecule has 0 bridgehead atoms. The van der Waals surface area contributed by atoms with E-state index in [1.165, 1.54) is 12.0 Å². The fourth-order valence-electron chi connectivity index (χ4n) is 1.93. The third kappa shape index (κ3) is 4.19. The Morgan fingerprint density at radius 2 is 2.00 bits per heavy atom. The summed E-state index contributed by atoms with van der Waals surface area (Å²) in [6.07, 6.45) is 0. The summed E-state index contributed by atoms with van der Waals surface area (Å²) in [5, 5.41) is 0. The van der Waals surface area contributed by atoms with Gasteiger partial charge in [-0.25, -0.2) is 0 Å². The van der Waals surface area contributed by atoms with Crippen molar-refractivity contribution in [3.05, 3.63) is 29.3 Å². The zero-order valence-electron chi connectivity index (χ0n) is 12.9. The van der Waals surface area contributed by atoms with Gasteiger partial charge >= 0.3 is 0 Å². The molecule has 0 spiro atoms. The van der Waals surface area contributed by atoms with Crippen LogP contribution in [0, 0.1) is 6.92 Å². The molecule has 116 valence electrons. The first-order valence-corrected chi connectivity index (χ1v) is 6.66. The first-order valence-electron chi connectivity index (χ1n) is 6.66. The number of carbonyl (C=O) groups is 2. The molecule has 0 radical (unpaired) electrons. The molecule has 1 aromatic carbocycles. The molecule has 2 N–H and O–H groups in total. The highest BCUT2D eigenvalue weighted by atomic mass is 16.5. The number of aryl methyl sites for hydroxylation is 1. The van der Waals surface area contributed by atoms with Crippen LogP contribution in [0.5, 0.6) is 5.75 Å². The quantitative estimate of drug-likeness (QED) is 0.812. The number of carbonyl (C=O) groups excluding carboxylic acids is 2. The van der Waals surface area contributed by atoms with Gasteiger partial charge in [-0.2, -0.15) is 0 Å². The van der Waals surface area contributed by atoms with Crippen molar-refractivity contribution in [2.45, 2.75) is 19.9 Å². The van der Waals surface area contributed by atoms with Gasteiger partial charge in [-0.1, -0.05) is 6.07 Å². The maximum absolute atomic E-state index is 12.6. The van der Waals surface area contributed by atoms with E-state index in [2.05, 4.69) is 0 Å². The SMILES string of the molecule is COCCN(C(=O)c1ccc(C)c(OC)c1)[C@H](C)C(N)=O. The number of methoxy groups -OCH3 is 2. The van der Waals surface area contributed by atoms with E-state index >= 15 is 0 Å². The zero-order chi connectivity index (χ0) is 16.0. The van der Waals surface area contributed by atoms with E-state index in [0.717, 1.165) is 5.56 Å².